The molecule has 0 amide bonds. The van der Waals surface area contributed by atoms with Crippen molar-refractivity contribution < 1.29 is 4.57 Å². The van der Waals surface area contributed by atoms with Crippen LogP contribution in [0.5, 0.6) is 0 Å². The average Bonchev–Trinajstić information content (AvgIpc) is 3.76. The molecule has 8 aromatic carbocycles. The van der Waals surface area contributed by atoms with E-state index in [4.69, 9.17) is 0 Å². The molecule has 0 N–H and O–H groups in total. The van der Waals surface area contributed by atoms with E-state index in [2.05, 4.69) is 152 Å². The number of rotatable bonds is 3. The molecule has 9 aromatic rings. The standard InChI is InChI=1S/C49H34NOP/c1-49(2)43-29-34(33-21-20-31-12-6-7-13-32(31)28-33)22-24-37(43)38-25-23-35(30-44(38)49)50-45-18-10-8-16-39(45)41-26-27-42-40-17-9-11-19-46(40)52(51,48(42)47(41)50)36-14-4-3-5-15-36/h3-30H,1-2H3. The SMILES string of the molecule is CC1(C)c2cc(-c3ccc4ccccc4c3)ccc2-c2ccc(-n3c4ccccc4c4ccc5c(c43)P(=O)(c3ccccc3)c3ccccc3-5)cc21. The fourth-order valence-electron chi connectivity index (χ4n) is 9.26. The van der Waals surface area contributed by atoms with Crippen molar-refractivity contribution in [1.82, 2.24) is 4.57 Å². The third-order valence-corrected chi connectivity index (χ3v) is 15.0. The molecule has 246 valence electrons. The highest BCUT2D eigenvalue weighted by Gasteiger charge is 2.43. The van der Waals surface area contributed by atoms with E-state index in [1.54, 1.807) is 0 Å². The molecule has 0 spiro atoms. The lowest BCUT2D eigenvalue weighted by Crippen LogP contribution is -2.22. The summed E-state index contributed by atoms with van der Waals surface area (Å²) in [4.78, 5) is 0. The minimum atomic E-state index is -3.21. The van der Waals surface area contributed by atoms with Gasteiger partial charge in [-0.15, -0.1) is 0 Å². The summed E-state index contributed by atoms with van der Waals surface area (Å²) in [5.41, 5.74) is 12.9. The van der Waals surface area contributed by atoms with Gasteiger partial charge in [0.25, 0.3) is 0 Å². The molecule has 0 saturated heterocycles. The monoisotopic (exact) mass is 683 g/mol. The van der Waals surface area contributed by atoms with Gasteiger partial charge >= 0.3 is 0 Å². The number of benzene rings is 8. The van der Waals surface area contributed by atoms with Gasteiger partial charge in [-0.1, -0.05) is 153 Å². The Morgan fingerprint density at radius 3 is 2.02 bits per heavy atom. The van der Waals surface area contributed by atoms with E-state index in [0.717, 1.165) is 49.1 Å². The van der Waals surface area contributed by atoms with Crippen LogP contribution < -0.4 is 15.9 Å². The van der Waals surface area contributed by atoms with Gasteiger partial charge < -0.3 is 9.13 Å². The maximum absolute atomic E-state index is 16.0. The third-order valence-electron chi connectivity index (χ3n) is 11.8. The van der Waals surface area contributed by atoms with Crippen LogP contribution in [-0.2, 0) is 9.98 Å². The van der Waals surface area contributed by atoms with Crippen LogP contribution in [0.2, 0.25) is 0 Å². The van der Waals surface area contributed by atoms with E-state index in [9.17, 15) is 0 Å². The van der Waals surface area contributed by atoms with Crippen molar-refractivity contribution >= 4 is 55.6 Å². The highest BCUT2D eigenvalue weighted by molar-refractivity contribution is 7.86. The van der Waals surface area contributed by atoms with E-state index in [1.807, 2.05) is 36.4 Å². The lowest BCUT2D eigenvalue weighted by Gasteiger charge is -2.23. The summed E-state index contributed by atoms with van der Waals surface area (Å²) in [6.07, 6.45) is 0. The number of para-hydroxylation sites is 1. The lowest BCUT2D eigenvalue weighted by atomic mass is 9.81. The first kappa shape index (κ1) is 29.7. The summed E-state index contributed by atoms with van der Waals surface area (Å²) in [6, 6.07) is 60.8. The van der Waals surface area contributed by atoms with E-state index >= 15 is 4.57 Å². The number of nitrogens with zero attached hydrogens (tertiary/aromatic N) is 1. The smallest absolute Gasteiger partial charge is 0.174 e. The van der Waals surface area contributed by atoms with Crippen LogP contribution >= 0.6 is 7.14 Å². The molecule has 1 aliphatic carbocycles. The van der Waals surface area contributed by atoms with E-state index in [0.29, 0.717) is 0 Å². The molecule has 1 aliphatic heterocycles. The lowest BCUT2D eigenvalue weighted by molar-refractivity contribution is 0.593. The molecule has 1 atom stereocenters. The van der Waals surface area contributed by atoms with E-state index < -0.39 is 7.14 Å². The van der Waals surface area contributed by atoms with Crippen molar-refractivity contribution in [3.8, 4) is 39.1 Å². The Bertz CT molecular complexity index is 3020. The van der Waals surface area contributed by atoms with Crippen LogP contribution in [0.3, 0.4) is 0 Å². The summed E-state index contributed by atoms with van der Waals surface area (Å²) in [7, 11) is -3.21. The Kier molecular flexibility index (Phi) is 6.03. The molecule has 0 radical (unpaired) electrons. The first-order valence-corrected chi connectivity index (χ1v) is 19.7. The summed E-state index contributed by atoms with van der Waals surface area (Å²) < 4.78 is 18.4. The maximum Gasteiger partial charge on any atom is 0.174 e. The molecule has 0 saturated carbocycles. The molecule has 2 aliphatic rings. The molecule has 3 heteroatoms. The molecular formula is C49H34NOP. The Balaban J connectivity index is 1.14. The molecule has 52 heavy (non-hydrogen) atoms. The van der Waals surface area contributed by atoms with Crippen LogP contribution in [0, 0.1) is 0 Å². The summed E-state index contributed by atoms with van der Waals surface area (Å²) in [5, 5.41) is 7.54. The van der Waals surface area contributed by atoms with Crippen LogP contribution in [-0.4, -0.2) is 4.57 Å². The zero-order valence-corrected chi connectivity index (χ0v) is 29.9. The minimum Gasteiger partial charge on any atom is -0.309 e. The van der Waals surface area contributed by atoms with Crippen LogP contribution in [0.1, 0.15) is 25.0 Å². The normalized spacial score (nSPS) is 16.6. The first-order chi connectivity index (χ1) is 25.4. The molecule has 11 rings (SSSR count). The number of fused-ring (bicyclic) bond motifs is 11. The molecule has 2 nitrogen and oxygen atoms in total. The number of aromatic nitrogens is 1. The van der Waals surface area contributed by atoms with Crippen molar-refractivity contribution in [2.24, 2.45) is 0 Å². The quantitative estimate of drug-likeness (QED) is 0.170. The van der Waals surface area contributed by atoms with Crippen molar-refractivity contribution in [1.29, 1.82) is 0 Å². The van der Waals surface area contributed by atoms with Gasteiger partial charge in [0.15, 0.2) is 7.14 Å². The second kappa shape index (κ2) is 10.5. The van der Waals surface area contributed by atoms with Crippen molar-refractivity contribution in [2.75, 3.05) is 0 Å². The Labute approximate surface area is 303 Å². The van der Waals surface area contributed by atoms with Gasteiger partial charge in [-0.05, 0) is 85.6 Å². The largest absolute Gasteiger partial charge is 0.309 e. The fourth-order valence-corrected chi connectivity index (χ4v) is 12.5. The molecular weight excluding hydrogens is 650 g/mol. The molecule has 0 fully saturated rings. The van der Waals surface area contributed by atoms with E-state index in [-0.39, 0.29) is 5.41 Å². The second-order valence-corrected chi connectivity index (χ2v) is 17.5. The summed E-state index contributed by atoms with van der Waals surface area (Å²) >= 11 is 0. The molecule has 1 aromatic heterocycles. The summed E-state index contributed by atoms with van der Waals surface area (Å²) in [5.74, 6) is 0. The molecule has 2 heterocycles. The Hall–Kier alpha value is -5.95. The maximum atomic E-state index is 16.0. The number of hydrogen-bond donors (Lipinski definition) is 0. The second-order valence-electron chi connectivity index (χ2n) is 14.8. The highest BCUT2D eigenvalue weighted by atomic mass is 31.2. The van der Waals surface area contributed by atoms with Gasteiger partial charge in [0, 0.05) is 32.5 Å². The van der Waals surface area contributed by atoms with Gasteiger partial charge in [0.1, 0.15) is 0 Å². The highest BCUT2D eigenvalue weighted by Crippen LogP contribution is 2.55. The van der Waals surface area contributed by atoms with Gasteiger partial charge in [-0.25, -0.2) is 0 Å². The predicted octanol–water partition coefficient (Wildman–Crippen LogP) is 11.5. The van der Waals surface area contributed by atoms with Crippen molar-refractivity contribution in [3.05, 3.63) is 181 Å². The van der Waals surface area contributed by atoms with Gasteiger partial charge in [-0.3, -0.25) is 0 Å². The topological polar surface area (TPSA) is 22.0 Å². The fraction of sp³-hybridized carbons (Fsp3) is 0.0612. The number of hydrogen-bond acceptors (Lipinski definition) is 1. The predicted molar refractivity (Wildman–Crippen MR) is 220 cm³/mol. The van der Waals surface area contributed by atoms with Gasteiger partial charge in [0.2, 0.25) is 0 Å². The minimum absolute atomic E-state index is 0.218. The van der Waals surface area contributed by atoms with Gasteiger partial charge in [0.05, 0.1) is 16.3 Å². The molecule has 0 bridgehead atoms. The Morgan fingerprint density at radius 1 is 0.500 bits per heavy atom. The van der Waals surface area contributed by atoms with E-state index in [1.165, 1.54) is 49.5 Å². The van der Waals surface area contributed by atoms with Crippen LogP contribution in [0.15, 0.2) is 170 Å². The summed E-state index contributed by atoms with van der Waals surface area (Å²) in [6.45, 7) is 4.71. The third kappa shape index (κ3) is 3.88. The van der Waals surface area contributed by atoms with Crippen molar-refractivity contribution in [2.45, 2.75) is 19.3 Å². The Morgan fingerprint density at radius 2 is 1.15 bits per heavy atom. The van der Waals surface area contributed by atoms with Gasteiger partial charge in [-0.2, -0.15) is 0 Å². The van der Waals surface area contributed by atoms with Crippen LogP contribution in [0.4, 0.5) is 0 Å². The zero-order chi connectivity index (χ0) is 34.8. The van der Waals surface area contributed by atoms with Crippen LogP contribution in [0.25, 0.3) is 71.6 Å². The zero-order valence-electron chi connectivity index (χ0n) is 29.0. The van der Waals surface area contributed by atoms with Crippen molar-refractivity contribution in [3.63, 3.8) is 0 Å². The first-order valence-electron chi connectivity index (χ1n) is 18.0. The average molecular weight is 684 g/mol. The molecule has 1 unspecified atom stereocenters.